The Balaban J connectivity index is 0.000000164. The predicted octanol–water partition coefficient (Wildman–Crippen LogP) is 6.80. The number of ketones is 3. The molecule has 5 saturated carbocycles. The summed E-state index contributed by atoms with van der Waals surface area (Å²) in [6.07, 6.45) is 14.4. The number of halogens is 1. The number of allylic oxidation sites excluding steroid dienone is 5. The highest BCUT2D eigenvalue weighted by molar-refractivity contribution is 6.01. The zero-order valence-corrected chi connectivity index (χ0v) is 40.5. The van der Waals surface area contributed by atoms with Gasteiger partial charge in [0.1, 0.15) is 34.3 Å². The van der Waals surface area contributed by atoms with Crippen LogP contribution in [-0.4, -0.2) is 99.5 Å². The molecule has 69 heavy (non-hydrogen) atoms. The van der Waals surface area contributed by atoms with Crippen LogP contribution in [0.4, 0.5) is 4.39 Å². The maximum atomic E-state index is 15.4. The van der Waals surface area contributed by atoms with Crippen molar-refractivity contribution in [3.63, 3.8) is 0 Å². The molecular formula is C55H63FO13. The highest BCUT2D eigenvalue weighted by Crippen LogP contribution is 2.78. The third-order valence-electron chi connectivity index (χ3n) is 19.7. The van der Waals surface area contributed by atoms with Crippen LogP contribution in [0.25, 0.3) is 0 Å². The van der Waals surface area contributed by atoms with E-state index < -0.39 is 92.9 Å². The van der Waals surface area contributed by atoms with Crippen molar-refractivity contribution in [1.29, 1.82) is 0 Å². The summed E-state index contributed by atoms with van der Waals surface area (Å²) >= 11 is 0. The van der Waals surface area contributed by atoms with Gasteiger partial charge >= 0.3 is 17.9 Å². The van der Waals surface area contributed by atoms with Gasteiger partial charge in [0.15, 0.2) is 19.0 Å². The molecule has 2 N–H and O–H groups in total. The monoisotopic (exact) mass is 950 g/mol. The predicted molar refractivity (Wildman–Crippen MR) is 245 cm³/mol. The average molecular weight is 951 g/mol. The summed E-state index contributed by atoms with van der Waals surface area (Å²) in [6, 6.07) is 8.92. The minimum atomic E-state index is -1.67. The Bertz CT molecular complexity index is 2620. The lowest BCUT2D eigenvalue weighted by Gasteiger charge is -2.56. The van der Waals surface area contributed by atoms with Gasteiger partial charge in [-0.05, 0) is 135 Å². The van der Waals surface area contributed by atoms with Crippen molar-refractivity contribution in [2.24, 2.45) is 57.2 Å². The number of alkyl halides is 1. The molecule has 7 fully saturated rings. The first-order chi connectivity index (χ1) is 32.4. The molecule has 4 unspecified atom stereocenters. The molecule has 2 spiro atoms. The van der Waals surface area contributed by atoms with Gasteiger partial charge < -0.3 is 33.9 Å². The molecule has 11 rings (SSSR count). The van der Waals surface area contributed by atoms with Gasteiger partial charge in [-0.25, -0.2) is 9.18 Å². The van der Waals surface area contributed by atoms with Crippen LogP contribution in [0, 0.1) is 57.2 Å². The molecule has 2 aliphatic heterocycles. The highest BCUT2D eigenvalue weighted by atomic mass is 19.1. The smallest absolute Gasteiger partial charge is 0.343 e. The van der Waals surface area contributed by atoms with Crippen molar-refractivity contribution in [3.05, 3.63) is 95.3 Å². The Morgan fingerprint density at radius 1 is 0.710 bits per heavy atom. The average Bonchev–Trinajstić information content (AvgIpc) is 4.20. The standard InChI is InChI=1S/C31H34O7.C24H29FO6/c1-18-14-24-23-11-10-21-15-22(37-27(34)20-8-6-5-7-9-20)12-13-28(21,3)31(23)26(38-31)16-29(24,4)30(18,35)25(33)17-36-19(2)32;1-12-7-15-16-9-18(25)17-8-14(27)5-6-21(17,3)24(16)20(31-24)10-22(15,4)23(12,29)19(28)11-30-13(2)26/h5-10,12-13,15,18,23-24,26,35H,11,14,16-17H2,1-4H3;5-6,8,12,15-16,18,20,29H,7,9-11H2,1-4H3/t18-,23?,24?,26+,28+,29+,30+,31-;12-,15?,16?,18+,20+,21+,22+,23+,24-/m11/s1. The first-order valence-corrected chi connectivity index (χ1v) is 24.5. The van der Waals surface area contributed by atoms with Gasteiger partial charge in [0.05, 0.1) is 17.8 Å². The molecule has 2 heterocycles. The normalized spacial score (nSPS) is 46.3. The molecule has 8 aliphatic carbocycles. The van der Waals surface area contributed by atoms with Gasteiger partial charge in [0.25, 0.3) is 0 Å². The number of fused-ring (bicyclic) bond motifs is 6. The van der Waals surface area contributed by atoms with Crippen molar-refractivity contribution in [2.45, 2.75) is 135 Å². The number of carbonyl (C=O) groups excluding carboxylic acids is 6. The topological polar surface area (TPSA) is 196 Å². The number of benzene rings is 1. The summed E-state index contributed by atoms with van der Waals surface area (Å²) < 4.78 is 44.0. The number of epoxide rings is 2. The lowest BCUT2D eigenvalue weighted by Crippen LogP contribution is -2.63. The van der Waals surface area contributed by atoms with E-state index in [-0.39, 0.29) is 59.9 Å². The summed E-state index contributed by atoms with van der Waals surface area (Å²) in [7, 11) is 0. The van der Waals surface area contributed by atoms with Gasteiger partial charge in [0, 0.05) is 35.5 Å². The third-order valence-corrected chi connectivity index (χ3v) is 19.7. The highest BCUT2D eigenvalue weighted by Gasteiger charge is 2.84. The minimum Gasteiger partial charge on any atom is -0.458 e. The summed E-state index contributed by atoms with van der Waals surface area (Å²) in [6.45, 7) is 13.4. The first-order valence-electron chi connectivity index (χ1n) is 24.5. The number of esters is 3. The summed E-state index contributed by atoms with van der Waals surface area (Å²) in [4.78, 5) is 73.6. The molecule has 1 aromatic carbocycles. The number of aliphatic hydroxyl groups is 2. The van der Waals surface area contributed by atoms with Gasteiger partial charge in [-0.3, -0.25) is 24.0 Å². The van der Waals surface area contributed by atoms with Gasteiger partial charge in [0.2, 0.25) is 11.6 Å². The molecule has 0 aromatic heterocycles. The van der Waals surface area contributed by atoms with Crippen molar-refractivity contribution in [3.8, 4) is 0 Å². The van der Waals surface area contributed by atoms with E-state index in [1.54, 1.807) is 30.3 Å². The lowest BCUT2D eigenvalue weighted by molar-refractivity contribution is -0.171. The van der Waals surface area contributed by atoms with Crippen molar-refractivity contribution < 1.29 is 67.1 Å². The van der Waals surface area contributed by atoms with Crippen LogP contribution in [0.3, 0.4) is 0 Å². The minimum absolute atomic E-state index is 0.0619. The van der Waals surface area contributed by atoms with Crippen LogP contribution in [0.15, 0.2) is 89.8 Å². The van der Waals surface area contributed by atoms with E-state index in [1.165, 1.54) is 26.0 Å². The fourth-order valence-electron chi connectivity index (χ4n) is 16.3. The van der Waals surface area contributed by atoms with Crippen LogP contribution in [-0.2, 0) is 47.7 Å². The lowest BCUT2D eigenvalue weighted by atomic mass is 9.46. The number of rotatable bonds is 8. The number of ether oxygens (including phenoxy) is 5. The Hall–Kier alpha value is -4.89. The Morgan fingerprint density at radius 3 is 1.78 bits per heavy atom. The second kappa shape index (κ2) is 15.6. The molecule has 13 nitrogen and oxygen atoms in total. The van der Waals surface area contributed by atoms with Crippen LogP contribution in [0.1, 0.15) is 104 Å². The molecule has 0 radical (unpaired) electrons. The summed E-state index contributed by atoms with van der Waals surface area (Å²) in [5.41, 5.74) is -4.93. The van der Waals surface area contributed by atoms with Crippen LogP contribution < -0.4 is 0 Å². The van der Waals surface area contributed by atoms with E-state index in [2.05, 4.69) is 19.1 Å². The fourth-order valence-corrected chi connectivity index (χ4v) is 16.3. The molecule has 10 aliphatic rings. The van der Waals surface area contributed by atoms with Gasteiger partial charge in [-0.2, -0.15) is 0 Å². The molecule has 2 saturated heterocycles. The SMILES string of the molecule is CC(=O)OCC(=O)[C@@]1(O)[C@H](C)CC2C3CC=C4C=C(OC(=O)c5ccccc5)C=C[C@]4(C)[C@@]34O[C@H]4C[C@@]21C.CC(=O)OCC(=O)[C@@]1(O)[C@H](C)CC2C3C[C@H](F)C4=CC(=O)C=C[C@]4(C)[C@@]34O[C@H]4C[C@@]21C. The first kappa shape index (κ1) is 47.8. The van der Waals surface area contributed by atoms with Crippen LogP contribution in [0.2, 0.25) is 0 Å². The van der Waals surface area contributed by atoms with Crippen molar-refractivity contribution in [2.75, 3.05) is 13.2 Å². The largest absolute Gasteiger partial charge is 0.458 e. The summed E-state index contributed by atoms with van der Waals surface area (Å²) in [5.74, 6) is -2.91. The zero-order chi connectivity index (χ0) is 49.6. The Labute approximate surface area is 401 Å². The van der Waals surface area contributed by atoms with E-state index in [4.69, 9.17) is 23.7 Å². The number of carbonyl (C=O) groups is 6. The van der Waals surface area contributed by atoms with Crippen molar-refractivity contribution >= 4 is 35.3 Å². The molecule has 1 aromatic rings. The molecular weight excluding hydrogens is 888 g/mol. The molecule has 14 heteroatoms. The quantitative estimate of drug-likeness (QED) is 0.157. The van der Waals surface area contributed by atoms with E-state index in [9.17, 15) is 39.0 Å². The molecule has 0 amide bonds. The third kappa shape index (κ3) is 6.25. The maximum absolute atomic E-state index is 15.4. The second-order valence-electron chi connectivity index (χ2n) is 22.7. The Morgan fingerprint density at radius 2 is 1.23 bits per heavy atom. The van der Waals surface area contributed by atoms with Crippen molar-refractivity contribution in [1.82, 2.24) is 0 Å². The van der Waals surface area contributed by atoms with E-state index in [0.717, 1.165) is 12.0 Å². The molecule has 0 bridgehead atoms. The molecule has 368 valence electrons. The van der Waals surface area contributed by atoms with Gasteiger partial charge in [-0.1, -0.05) is 64.1 Å². The van der Waals surface area contributed by atoms with E-state index in [0.29, 0.717) is 42.6 Å². The van der Waals surface area contributed by atoms with E-state index >= 15 is 4.39 Å². The van der Waals surface area contributed by atoms with Crippen LogP contribution >= 0.6 is 0 Å². The maximum Gasteiger partial charge on any atom is 0.343 e. The van der Waals surface area contributed by atoms with Crippen LogP contribution in [0.5, 0.6) is 0 Å². The number of hydrogen-bond acceptors (Lipinski definition) is 13. The fraction of sp³-hybridized carbons (Fsp3) is 0.600. The zero-order valence-electron chi connectivity index (χ0n) is 40.5. The van der Waals surface area contributed by atoms with E-state index in [1.807, 2.05) is 52.8 Å². The molecule has 17 atom stereocenters. The Kier molecular flexibility index (Phi) is 10.8. The second-order valence-corrected chi connectivity index (χ2v) is 22.7. The summed E-state index contributed by atoms with van der Waals surface area (Å²) in [5, 5.41) is 23.7. The number of hydrogen-bond donors (Lipinski definition) is 2. The number of Topliss-reactive ketones (excluding diaryl/α,β-unsaturated/α-hetero) is 2. The van der Waals surface area contributed by atoms with Gasteiger partial charge in [-0.15, -0.1) is 0 Å².